The summed E-state index contributed by atoms with van der Waals surface area (Å²) < 4.78 is 0. The van der Waals surface area contributed by atoms with E-state index in [1.54, 1.807) is 0 Å². The van der Waals surface area contributed by atoms with Crippen molar-refractivity contribution in [1.29, 1.82) is 0 Å². The zero-order chi connectivity index (χ0) is 9.31. The highest BCUT2D eigenvalue weighted by molar-refractivity contribution is 5.20. The molecular weight excluding hydrogens is 164 g/mol. The molecule has 0 aromatic carbocycles. The first-order valence-electron chi connectivity index (χ1n) is 4.89. The van der Waals surface area contributed by atoms with Crippen molar-refractivity contribution in [3.05, 3.63) is 24.3 Å². The quantitative estimate of drug-likeness (QED) is 0.668. The Kier molecular flexibility index (Phi) is 2.26. The van der Waals surface area contributed by atoms with E-state index in [0.29, 0.717) is 11.8 Å². The molecule has 1 saturated carbocycles. The van der Waals surface area contributed by atoms with Gasteiger partial charge < -0.3 is 10.2 Å². The molecule has 0 aromatic heterocycles. The maximum atomic E-state index is 9.34. The third-order valence-corrected chi connectivity index (χ3v) is 3.56. The summed E-state index contributed by atoms with van der Waals surface area (Å²) in [6.07, 6.45) is 10.4. The molecule has 2 aliphatic carbocycles. The van der Waals surface area contributed by atoms with Crippen molar-refractivity contribution in [2.45, 2.75) is 12.8 Å². The van der Waals surface area contributed by atoms with Crippen LogP contribution in [-0.2, 0) is 0 Å². The number of aliphatic hydroxyl groups excluding tert-OH is 2. The van der Waals surface area contributed by atoms with Gasteiger partial charge in [0.2, 0.25) is 0 Å². The Bertz CT molecular complexity index is 238. The summed E-state index contributed by atoms with van der Waals surface area (Å²) in [5.74, 6) is 0.872. The fraction of sp³-hybridized carbons (Fsp3) is 0.636. The van der Waals surface area contributed by atoms with Crippen molar-refractivity contribution in [2.24, 2.45) is 17.3 Å². The molecule has 0 amide bonds. The summed E-state index contributed by atoms with van der Waals surface area (Å²) in [4.78, 5) is 0. The second-order valence-electron chi connectivity index (χ2n) is 4.18. The molecule has 2 unspecified atom stereocenters. The Labute approximate surface area is 78.6 Å². The lowest BCUT2D eigenvalue weighted by Gasteiger charge is -2.32. The smallest absolute Gasteiger partial charge is 0.0515 e. The molecule has 13 heavy (non-hydrogen) atoms. The van der Waals surface area contributed by atoms with Crippen LogP contribution in [0.2, 0.25) is 0 Å². The van der Waals surface area contributed by atoms with Crippen LogP contribution in [0.5, 0.6) is 0 Å². The predicted octanol–water partition coefficient (Wildman–Crippen LogP) is 1.11. The van der Waals surface area contributed by atoms with E-state index < -0.39 is 0 Å². The minimum Gasteiger partial charge on any atom is -0.396 e. The highest BCUT2D eigenvalue weighted by Crippen LogP contribution is 2.48. The maximum Gasteiger partial charge on any atom is 0.0515 e. The molecule has 2 aliphatic rings. The zero-order valence-electron chi connectivity index (χ0n) is 7.69. The van der Waals surface area contributed by atoms with Gasteiger partial charge in [-0.3, -0.25) is 0 Å². The summed E-state index contributed by atoms with van der Waals surface area (Å²) in [5, 5.41) is 18.7. The number of hydrogen-bond donors (Lipinski definition) is 2. The van der Waals surface area contributed by atoms with Crippen molar-refractivity contribution in [3.63, 3.8) is 0 Å². The van der Waals surface area contributed by atoms with Gasteiger partial charge in [-0.15, -0.1) is 0 Å². The van der Waals surface area contributed by atoms with E-state index in [-0.39, 0.29) is 18.6 Å². The molecule has 0 aliphatic heterocycles. The summed E-state index contributed by atoms with van der Waals surface area (Å²) in [6, 6.07) is 0. The van der Waals surface area contributed by atoms with Crippen LogP contribution in [0, 0.1) is 17.3 Å². The number of hydrogen-bond acceptors (Lipinski definition) is 2. The van der Waals surface area contributed by atoms with Gasteiger partial charge in [-0.25, -0.2) is 0 Å². The largest absolute Gasteiger partial charge is 0.396 e. The SMILES string of the molecule is OCC1(CO)CCC2C=CC=CC21. The van der Waals surface area contributed by atoms with Crippen LogP contribution in [0.25, 0.3) is 0 Å². The summed E-state index contributed by atoms with van der Waals surface area (Å²) in [7, 11) is 0. The molecule has 0 spiro atoms. The molecule has 0 radical (unpaired) electrons. The molecule has 72 valence electrons. The van der Waals surface area contributed by atoms with Gasteiger partial charge >= 0.3 is 0 Å². The van der Waals surface area contributed by atoms with Gasteiger partial charge in [-0.05, 0) is 24.7 Å². The first kappa shape index (κ1) is 8.97. The second kappa shape index (κ2) is 3.28. The monoisotopic (exact) mass is 180 g/mol. The van der Waals surface area contributed by atoms with Crippen LogP contribution in [0.3, 0.4) is 0 Å². The molecule has 2 atom stereocenters. The van der Waals surface area contributed by atoms with E-state index in [0.717, 1.165) is 12.8 Å². The Morgan fingerprint density at radius 2 is 1.85 bits per heavy atom. The molecule has 2 heteroatoms. The summed E-state index contributed by atoms with van der Waals surface area (Å²) >= 11 is 0. The zero-order valence-corrected chi connectivity index (χ0v) is 7.69. The van der Waals surface area contributed by atoms with E-state index in [1.807, 2.05) is 6.08 Å². The minimum absolute atomic E-state index is 0.100. The molecule has 0 saturated heterocycles. The van der Waals surface area contributed by atoms with Gasteiger partial charge in [0.25, 0.3) is 0 Å². The molecule has 1 fully saturated rings. The van der Waals surface area contributed by atoms with Crippen LogP contribution in [0.4, 0.5) is 0 Å². The topological polar surface area (TPSA) is 40.5 Å². The highest BCUT2D eigenvalue weighted by atomic mass is 16.3. The maximum absolute atomic E-state index is 9.34. The number of allylic oxidation sites excluding steroid dienone is 4. The first-order valence-corrected chi connectivity index (χ1v) is 4.89. The van der Waals surface area contributed by atoms with Crippen LogP contribution in [-0.4, -0.2) is 23.4 Å². The van der Waals surface area contributed by atoms with Gasteiger partial charge in [0, 0.05) is 5.41 Å². The molecule has 0 bridgehead atoms. The van der Waals surface area contributed by atoms with Crippen molar-refractivity contribution in [2.75, 3.05) is 13.2 Å². The summed E-state index contributed by atoms with van der Waals surface area (Å²) in [5.41, 5.74) is -0.258. The van der Waals surface area contributed by atoms with Crippen molar-refractivity contribution < 1.29 is 10.2 Å². The standard InChI is InChI=1S/C11H16O2/c12-7-11(8-13)6-5-9-3-1-2-4-10(9)11/h1-4,9-10,12-13H,5-8H2. The third-order valence-electron chi connectivity index (χ3n) is 3.56. The van der Waals surface area contributed by atoms with Gasteiger partial charge in [0.05, 0.1) is 13.2 Å². The lowest BCUT2D eigenvalue weighted by molar-refractivity contribution is 0.0328. The number of aliphatic hydroxyl groups is 2. The van der Waals surface area contributed by atoms with Crippen LogP contribution in [0.15, 0.2) is 24.3 Å². The van der Waals surface area contributed by atoms with E-state index in [1.165, 1.54) is 0 Å². The van der Waals surface area contributed by atoms with E-state index in [2.05, 4.69) is 18.2 Å². The Balaban J connectivity index is 2.24. The molecule has 2 N–H and O–H groups in total. The van der Waals surface area contributed by atoms with Gasteiger partial charge in [0.15, 0.2) is 0 Å². The third kappa shape index (κ3) is 1.25. The lowest BCUT2D eigenvalue weighted by atomic mass is 9.75. The van der Waals surface area contributed by atoms with E-state index in [4.69, 9.17) is 0 Å². The number of rotatable bonds is 2. The van der Waals surface area contributed by atoms with Crippen molar-refractivity contribution in [1.82, 2.24) is 0 Å². The van der Waals surface area contributed by atoms with Gasteiger partial charge in [-0.2, -0.15) is 0 Å². The normalized spacial score (nSPS) is 34.9. The van der Waals surface area contributed by atoms with Crippen molar-refractivity contribution in [3.8, 4) is 0 Å². The molecule has 2 nitrogen and oxygen atoms in total. The number of fused-ring (bicyclic) bond motifs is 1. The molecular formula is C11H16O2. The Morgan fingerprint density at radius 3 is 2.54 bits per heavy atom. The second-order valence-corrected chi connectivity index (χ2v) is 4.18. The van der Waals surface area contributed by atoms with Crippen LogP contribution < -0.4 is 0 Å². The predicted molar refractivity (Wildman–Crippen MR) is 51.1 cm³/mol. The van der Waals surface area contributed by atoms with Crippen LogP contribution >= 0.6 is 0 Å². The fourth-order valence-corrected chi connectivity index (χ4v) is 2.63. The van der Waals surface area contributed by atoms with E-state index >= 15 is 0 Å². The van der Waals surface area contributed by atoms with Crippen LogP contribution in [0.1, 0.15) is 12.8 Å². The fourth-order valence-electron chi connectivity index (χ4n) is 2.63. The minimum atomic E-state index is -0.258. The highest BCUT2D eigenvalue weighted by Gasteiger charge is 2.45. The van der Waals surface area contributed by atoms with E-state index in [9.17, 15) is 10.2 Å². The molecule has 0 heterocycles. The van der Waals surface area contributed by atoms with Gasteiger partial charge in [0.1, 0.15) is 0 Å². The lowest BCUT2D eigenvalue weighted by Crippen LogP contribution is -2.34. The molecule has 2 rings (SSSR count). The average molecular weight is 180 g/mol. The van der Waals surface area contributed by atoms with Crippen molar-refractivity contribution >= 4 is 0 Å². The first-order chi connectivity index (χ1) is 6.32. The van der Waals surface area contributed by atoms with Gasteiger partial charge in [-0.1, -0.05) is 24.3 Å². The molecule has 0 aromatic rings. The summed E-state index contributed by atoms with van der Waals surface area (Å²) in [6.45, 7) is 0.200. The average Bonchev–Trinajstić information content (AvgIpc) is 2.58. The Morgan fingerprint density at radius 1 is 1.15 bits per heavy atom. The Hall–Kier alpha value is -0.600.